The van der Waals surface area contributed by atoms with Crippen LogP contribution in [-0.4, -0.2) is 6.04 Å². The van der Waals surface area contributed by atoms with Crippen LogP contribution >= 0.6 is 0 Å². The Morgan fingerprint density at radius 3 is 2.00 bits per heavy atom. The Bertz CT molecular complexity index is 123. The lowest BCUT2D eigenvalue weighted by Crippen LogP contribution is -2.19. The van der Waals surface area contributed by atoms with Crippen molar-refractivity contribution in [1.82, 2.24) is 0 Å². The fourth-order valence-corrected chi connectivity index (χ4v) is 2.23. The van der Waals surface area contributed by atoms with Gasteiger partial charge in [-0.25, -0.2) is 0 Å². The Morgan fingerprint density at radius 1 is 0.800 bits per heavy atom. The molecule has 15 heavy (non-hydrogen) atoms. The van der Waals surface area contributed by atoms with Crippen LogP contribution in [0.15, 0.2) is 0 Å². The molecule has 0 aliphatic carbocycles. The first-order valence-electron chi connectivity index (χ1n) is 7.00. The monoisotopic (exact) mass is 213 g/mol. The zero-order chi connectivity index (χ0) is 11.5. The summed E-state index contributed by atoms with van der Waals surface area (Å²) in [4.78, 5) is 0. The van der Waals surface area contributed by atoms with Gasteiger partial charge in [0.2, 0.25) is 0 Å². The molecular weight excluding hydrogens is 182 g/mol. The van der Waals surface area contributed by atoms with Crippen LogP contribution in [0.4, 0.5) is 0 Å². The maximum Gasteiger partial charge on any atom is 0.00387 e. The lowest BCUT2D eigenvalue weighted by atomic mass is 9.92. The van der Waals surface area contributed by atoms with E-state index in [4.69, 9.17) is 5.73 Å². The average molecular weight is 213 g/mol. The number of nitrogens with two attached hydrogens (primary N) is 1. The van der Waals surface area contributed by atoms with Gasteiger partial charge in [0.05, 0.1) is 0 Å². The zero-order valence-corrected chi connectivity index (χ0v) is 11.1. The molecule has 2 atom stereocenters. The molecule has 1 heteroatoms. The van der Waals surface area contributed by atoms with Gasteiger partial charge in [-0.1, -0.05) is 65.7 Å². The summed E-state index contributed by atoms with van der Waals surface area (Å²) in [5, 5.41) is 0. The van der Waals surface area contributed by atoms with Gasteiger partial charge in [-0.05, 0) is 18.8 Å². The highest BCUT2D eigenvalue weighted by atomic mass is 14.6. The molecule has 0 spiro atoms. The van der Waals surface area contributed by atoms with Gasteiger partial charge in [-0.15, -0.1) is 0 Å². The molecule has 2 N–H and O–H groups in total. The largest absolute Gasteiger partial charge is 0.328 e. The fraction of sp³-hybridized carbons (Fsp3) is 1.00. The standard InChI is InChI=1S/C14H31N/c1-4-7-10-13(6-3)11-8-12-14(15)9-5-2/h13-14H,4-12,15H2,1-3H3. The van der Waals surface area contributed by atoms with E-state index in [1.165, 1.54) is 57.8 Å². The van der Waals surface area contributed by atoms with Crippen molar-refractivity contribution in [3.05, 3.63) is 0 Å². The topological polar surface area (TPSA) is 26.0 Å². The number of hydrogen-bond acceptors (Lipinski definition) is 1. The molecule has 2 unspecified atom stereocenters. The molecule has 0 saturated heterocycles. The van der Waals surface area contributed by atoms with E-state index >= 15 is 0 Å². The van der Waals surface area contributed by atoms with Crippen molar-refractivity contribution in [2.75, 3.05) is 0 Å². The quantitative estimate of drug-likeness (QED) is 0.568. The lowest BCUT2D eigenvalue weighted by Gasteiger charge is -2.16. The molecule has 0 aromatic rings. The minimum absolute atomic E-state index is 0.457. The van der Waals surface area contributed by atoms with E-state index in [-0.39, 0.29) is 0 Å². The zero-order valence-electron chi connectivity index (χ0n) is 11.1. The lowest BCUT2D eigenvalue weighted by molar-refractivity contribution is 0.391. The number of rotatable bonds is 10. The van der Waals surface area contributed by atoms with E-state index in [1.807, 2.05) is 0 Å². The first-order chi connectivity index (χ1) is 7.24. The highest BCUT2D eigenvalue weighted by molar-refractivity contribution is 4.63. The highest BCUT2D eigenvalue weighted by Gasteiger charge is 2.07. The summed E-state index contributed by atoms with van der Waals surface area (Å²) >= 11 is 0. The van der Waals surface area contributed by atoms with Crippen LogP contribution in [-0.2, 0) is 0 Å². The van der Waals surface area contributed by atoms with Crippen molar-refractivity contribution in [1.29, 1.82) is 0 Å². The molecule has 0 saturated carbocycles. The number of hydrogen-bond donors (Lipinski definition) is 1. The van der Waals surface area contributed by atoms with Crippen LogP contribution in [0.5, 0.6) is 0 Å². The van der Waals surface area contributed by atoms with Crippen molar-refractivity contribution < 1.29 is 0 Å². The second-order valence-corrected chi connectivity index (χ2v) is 4.90. The predicted molar refractivity (Wildman–Crippen MR) is 70.0 cm³/mol. The molecule has 92 valence electrons. The fourth-order valence-electron chi connectivity index (χ4n) is 2.23. The molecule has 0 aromatic heterocycles. The molecule has 0 aromatic carbocycles. The van der Waals surface area contributed by atoms with Gasteiger partial charge in [-0.3, -0.25) is 0 Å². The predicted octanol–water partition coefficient (Wildman–Crippen LogP) is 4.50. The molecule has 0 amide bonds. The second-order valence-electron chi connectivity index (χ2n) is 4.90. The van der Waals surface area contributed by atoms with E-state index in [1.54, 1.807) is 0 Å². The van der Waals surface area contributed by atoms with Crippen molar-refractivity contribution in [2.24, 2.45) is 11.7 Å². The minimum atomic E-state index is 0.457. The smallest absolute Gasteiger partial charge is 0.00387 e. The Labute approximate surface area is 96.8 Å². The van der Waals surface area contributed by atoms with Crippen molar-refractivity contribution in [3.63, 3.8) is 0 Å². The van der Waals surface area contributed by atoms with Crippen LogP contribution in [0.1, 0.15) is 78.6 Å². The average Bonchev–Trinajstić information content (AvgIpc) is 2.23. The summed E-state index contributed by atoms with van der Waals surface area (Å²) in [7, 11) is 0. The Hall–Kier alpha value is -0.0400. The van der Waals surface area contributed by atoms with E-state index in [0.717, 1.165) is 5.92 Å². The van der Waals surface area contributed by atoms with Crippen LogP contribution in [0.25, 0.3) is 0 Å². The summed E-state index contributed by atoms with van der Waals surface area (Å²) in [5.74, 6) is 0.957. The van der Waals surface area contributed by atoms with Crippen LogP contribution < -0.4 is 5.73 Å². The van der Waals surface area contributed by atoms with Gasteiger partial charge in [-0.2, -0.15) is 0 Å². The third-order valence-electron chi connectivity index (χ3n) is 3.39. The van der Waals surface area contributed by atoms with Gasteiger partial charge in [0.1, 0.15) is 0 Å². The molecule has 0 fully saturated rings. The van der Waals surface area contributed by atoms with Gasteiger partial charge >= 0.3 is 0 Å². The molecule has 0 radical (unpaired) electrons. The first-order valence-corrected chi connectivity index (χ1v) is 7.00. The van der Waals surface area contributed by atoms with Gasteiger partial charge in [0.25, 0.3) is 0 Å². The molecule has 1 nitrogen and oxygen atoms in total. The summed E-state index contributed by atoms with van der Waals surface area (Å²) in [6, 6.07) is 0.457. The summed E-state index contributed by atoms with van der Waals surface area (Å²) in [5.41, 5.74) is 6.01. The van der Waals surface area contributed by atoms with Gasteiger partial charge in [0, 0.05) is 6.04 Å². The molecule has 0 aliphatic rings. The van der Waals surface area contributed by atoms with Crippen molar-refractivity contribution >= 4 is 0 Å². The maximum atomic E-state index is 6.01. The summed E-state index contributed by atoms with van der Waals surface area (Å²) in [6.45, 7) is 6.83. The van der Waals surface area contributed by atoms with Crippen molar-refractivity contribution in [3.8, 4) is 0 Å². The molecule has 0 heterocycles. The first kappa shape index (κ1) is 15.0. The second kappa shape index (κ2) is 10.5. The Kier molecular flexibility index (Phi) is 10.4. The van der Waals surface area contributed by atoms with E-state index in [0.29, 0.717) is 6.04 Å². The SMILES string of the molecule is CCCCC(CC)CCCC(N)CCC. The highest BCUT2D eigenvalue weighted by Crippen LogP contribution is 2.20. The van der Waals surface area contributed by atoms with Crippen molar-refractivity contribution in [2.45, 2.75) is 84.6 Å². The van der Waals surface area contributed by atoms with Crippen LogP contribution in [0.3, 0.4) is 0 Å². The van der Waals surface area contributed by atoms with Crippen LogP contribution in [0.2, 0.25) is 0 Å². The normalized spacial score (nSPS) is 15.2. The van der Waals surface area contributed by atoms with Gasteiger partial charge in [0.15, 0.2) is 0 Å². The molecule has 0 aliphatic heterocycles. The molecule has 0 bridgehead atoms. The Morgan fingerprint density at radius 2 is 1.47 bits per heavy atom. The van der Waals surface area contributed by atoms with Crippen LogP contribution in [0, 0.1) is 5.92 Å². The maximum absolute atomic E-state index is 6.01. The third-order valence-corrected chi connectivity index (χ3v) is 3.39. The van der Waals surface area contributed by atoms with E-state index in [9.17, 15) is 0 Å². The van der Waals surface area contributed by atoms with E-state index < -0.39 is 0 Å². The molecular formula is C14H31N. The summed E-state index contributed by atoms with van der Waals surface area (Å²) in [6.07, 6.45) is 11.9. The molecule has 0 rings (SSSR count). The summed E-state index contributed by atoms with van der Waals surface area (Å²) < 4.78 is 0. The Balaban J connectivity index is 3.44. The minimum Gasteiger partial charge on any atom is -0.328 e. The third kappa shape index (κ3) is 8.92. The number of unbranched alkanes of at least 4 members (excludes halogenated alkanes) is 1. The van der Waals surface area contributed by atoms with Gasteiger partial charge < -0.3 is 5.73 Å². The van der Waals surface area contributed by atoms with E-state index in [2.05, 4.69) is 20.8 Å².